The highest BCUT2D eigenvalue weighted by molar-refractivity contribution is 5.45. The van der Waals surface area contributed by atoms with Gasteiger partial charge < -0.3 is 16.4 Å². The maximum atomic E-state index is 4.50. The molecule has 0 atom stereocenters. The highest BCUT2D eigenvalue weighted by atomic mass is 15.0. The molecule has 0 aliphatic carbocycles. The van der Waals surface area contributed by atoms with Gasteiger partial charge in [0, 0.05) is 31.3 Å². The zero-order chi connectivity index (χ0) is 17.0. The van der Waals surface area contributed by atoms with Gasteiger partial charge in [0.25, 0.3) is 0 Å². The summed E-state index contributed by atoms with van der Waals surface area (Å²) in [5.74, 6) is 1.63. The molecular weight excluding hydrogens is 274 g/mol. The van der Waals surface area contributed by atoms with Crippen molar-refractivity contribution in [2.45, 2.75) is 33.6 Å². The Morgan fingerprint density at radius 2 is 2.05 bits per heavy atom. The van der Waals surface area contributed by atoms with Crippen molar-refractivity contribution in [2.75, 3.05) is 26.0 Å². The highest BCUT2D eigenvalue weighted by Gasteiger charge is 2.08. The van der Waals surface area contributed by atoms with E-state index in [1.54, 1.807) is 12.4 Å². The molecule has 1 heterocycles. The molecule has 0 saturated heterocycles. The van der Waals surface area contributed by atoms with Gasteiger partial charge in [-0.2, -0.15) is 0 Å². The van der Waals surface area contributed by atoms with E-state index in [1.807, 2.05) is 13.1 Å². The summed E-state index contributed by atoms with van der Waals surface area (Å²) in [6.07, 6.45) is 7.27. The quantitative estimate of drug-likeness (QED) is 0.644. The Kier molecular flexibility index (Phi) is 10.7. The number of hydrogen-bond acceptors (Lipinski definition) is 5. The lowest BCUT2D eigenvalue weighted by Crippen LogP contribution is -2.13. The molecule has 1 rings (SSSR count). The summed E-state index contributed by atoms with van der Waals surface area (Å²) in [5.41, 5.74) is 7.74. The molecule has 0 amide bonds. The molecule has 0 fully saturated rings. The summed E-state index contributed by atoms with van der Waals surface area (Å²) >= 11 is 0. The summed E-state index contributed by atoms with van der Waals surface area (Å²) in [4.78, 5) is 8.72. The van der Waals surface area contributed by atoms with Crippen LogP contribution in [0.3, 0.4) is 0 Å². The van der Waals surface area contributed by atoms with Crippen LogP contribution < -0.4 is 16.4 Å². The van der Waals surface area contributed by atoms with E-state index in [2.05, 4.69) is 53.7 Å². The van der Waals surface area contributed by atoms with Crippen molar-refractivity contribution in [2.24, 2.45) is 11.7 Å². The fourth-order valence-corrected chi connectivity index (χ4v) is 1.88. The molecule has 0 saturated carbocycles. The largest absolute Gasteiger partial charge is 0.391 e. The number of nitrogens with two attached hydrogens (primary N) is 1. The Morgan fingerprint density at radius 1 is 1.36 bits per heavy atom. The molecule has 0 spiro atoms. The number of hydrogen-bond donors (Lipinski definition) is 3. The topological polar surface area (TPSA) is 75.9 Å². The van der Waals surface area contributed by atoms with E-state index in [9.17, 15) is 0 Å². The zero-order valence-corrected chi connectivity index (χ0v) is 14.6. The van der Waals surface area contributed by atoms with E-state index in [1.165, 1.54) is 7.05 Å². The summed E-state index contributed by atoms with van der Waals surface area (Å²) in [7, 11) is 3.41. The van der Waals surface area contributed by atoms with Crippen molar-refractivity contribution in [3.63, 3.8) is 0 Å². The van der Waals surface area contributed by atoms with Crippen LogP contribution in [-0.2, 0) is 6.42 Å². The molecule has 0 radical (unpaired) electrons. The third-order valence-electron chi connectivity index (χ3n) is 3.20. The average molecular weight is 305 g/mol. The van der Waals surface area contributed by atoms with Gasteiger partial charge in [0.15, 0.2) is 0 Å². The molecule has 5 heteroatoms. The first-order chi connectivity index (χ1) is 10.6. The van der Waals surface area contributed by atoms with Crippen LogP contribution in [0.25, 0.3) is 0 Å². The van der Waals surface area contributed by atoms with E-state index >= 15 is 0 Å². The van der Waals surface area contributed by atoms with E-state index in [4.69, 9.17) is 0 Å². The van der Waals surface area contributed by atoms with Gasteiger partial charge >= 0.3 is 0 Å². The number of allylic oxidation sites excluding steroid dienone is 3. The minimum absolute atomic E-state index is 0.690. The number of nitrogens with zero attached hydrogens (tertiary/aromatic N) is 2. The zero-order valence-electron chi connectivity index (χ0n) is 14.6. The third kappa shape index (κ3) is 7.22. The van der Waals surface area contributed by atoms with Crippen molar-refractivity contribution in [3.05, 3.63) is 42.0 Å². The molecular formula is C17H31N5. The molecule has 0 aliphatic heterocycles. The van der Waals surface area contributed by atoms with Crippen molar-refractivity contribution in [3.8, 4) is 0 Å². The van der Waals surface area contributed by atoms with Crippen LogP contribution in [0.15, 0.2) is 30.8 Å². The highest BCUT2D eigenvalue weighted by Crippen LogP contribution is 2.16. The maximum absolute atomic E-state index is 4.50. The van der Waals surface area contributed by atoms with Crippen molar-refractivity contribution in [1.82, 2.24) is 15.3 Å². The predicted molar refractivity (Wildman–Crippen MR) is 95.9 cm³/mol. The summed E-state index contributed by atoms with van der Waals surface area (Å²) in [6.45, 7) is 11.2. The Bertz CT molecular complexity index is 466. The standard InChI is InChI=1S/C16H26N4.CH5N/c1-6-7-14(17-5)10-15-13(4)16(20-11-19-15)18-9-8-12(2)3;1-2/h6-7,11-12,17H,1,8-10H2,2-5H3,(H,18,19,20);2H2,1H3/b14-7-;. The lowest BCUT2D eigenvalue weighted by Gasteiger charge is -2.13. The SMILES string of the molecule is C=C/C=C(/Cc1ncnc(NCCC(C)C)c1C)NC.CN. The van der Waals surface area contributed by atoms with E-state index in [0.29, 0.717) is 5.92 Å². The number of nitrogens with one attached hydrogen (secondary N) is 2. The monoisotopic (exact) mass is 305 g/mol. The van der Waals surface area contributed by atoms with Crippen LogP contribution in [0, 0.1) is 12.8 Å². The van der Waals surface area contributed by atoms with Crippen LogP contribution in [0.5, 0.6) is 0 Å². The Hall–Kier alpha value is -1.88. The first-order valence-corrected chi connectivity index (χ1v) is 7.69. The van der Waals surface area contributed by atoms with Gasteiger partial charge in [0.2, 0.25) is 0 Å². The Morgan fingerprint density at radius 3 is 2.59 bits per heavy atom. The number of anilines is 1. The molecule has 22 heavy (non-hydrogen) atoms. The summed E-state index contributed by atoms with van der Waals surface area (Å²) < 4.78 is 0. The minimum atomic E-state index is 0.690. The molecule has 124 valence electrons. The molecule has 5 nitrogen and oxygen atoms in total. The van der Waals surface area contributed by atoms with Gasteiger partial charge in [-0.15, -0.1) is 0 Å². The molecule has 1 aromatic heterocycles. The predicted octanol–water partition coefficient (Wildman–Crippen LogP) is 2.65. The lowest BCUT2D eigenvalue weighted by atomic mass is 10.1. The van der Waals surface area contributed by atoms with E-state index in [0.717, 1.165) is 42.2 Å². The van der Waals surface area contributed by atoms with Gasteiger partial charge in [0.05, 0.1) is 5.69 Å². The molecule has 0 unspecified atom stereocenters. The second-order valence-electron chi connectivity index (χ2n) is 5.26. The molecule has 0 aliphatic rings. The average Bonchev–Trinajstić information content (AvgIpc) is 2.52. The Balaban J connectivity index is 0.00000211. The molecule has 0 bridgehead atoms. The maximum Gasteiger partial charge on any atom is 0.132 e. The Labute approximate surface area is 135 Å². The minimum Gasteiger partial charge on any atom is -0.391 e. The van der Waals surface area contributed by atoms with Gasteiger partial charge in [-0.25, -0.2) is 9.97 Å². The number of aromatic nitrogens is 2. The molecule has 4 N–H and O–H groups in total. The number of likely N-dealkylation sites (N-methyl/N-ethyl adjacent to an activating group) is 1. The van der Waals surface area contributed by atoms with Gasteiger partial charge in [0.1, 0.15) is 12.1 Å². The van der Waals surface area contributed by atoms with Crippen molar-refractivity contribution < 1.29 is 0 Å². The normalized spacial score (nSPS) is 10.8. The first-order valence-electron chi connectivity index (χ1n) is 7.69. The fraction of sp³-hybridized carbons (Fsp3) is 0.529. The first kappa shape index (κ1) is 20.1. The van der Waals surface area contributed by atoms with E-state index in [-0.39, 0.29) is 0 Å². The second kappa shape index (κ2) is 11.7. The van der Waals surface area contributed by atoms with Crippen LogP contribution in [0.2, 0.25) is 0 Å². The van der Waals surface area contributed by atoms with Crippen molar-refractivity contribution in [1.29, 1.82) is 0 Å². The van der Waals surface area contributed by atoms with Crippen LogP contribution in [-0.4, -0.2) is 30.6 Å². The van der Waals surface area contributed by atoms with E-state index < -0.39 is 0 Å². The van der Waals surface area contributed by atoms with Crippen molar-refractivity contribution >= 4 is 5.82 Å². The smallest absolute Gasteiger partial charge is 0.132 e. The van der Waals surface area contributed by atoms with Crippen LogP contribution >= 0.6 is 0 Å². The molecule has 1 aromatic rings. The third-order valence-corrected chi connectivity index (χ3v) is 3.20. The molecule has 0 aromatic carbocycles. The number of rotatable bonds is 8. The van der Waals surface area contributed by atoms with Gasteiger partial charge in [-0.1, -0.05) is 26.5 Å². The van der Waals surface area contributed by atoms with Crippen LogP contribution in [0.4, 0.5) is 5.82 Å². The summed E-state index contributed by atoms with van der Waals surface area (Å²) in [5, 5.41) is 6.56. The van der Waals surface area contributed by atoms with Gasteiger partial charge in [-0.05, 0) is 32.4 Å². The fourth-order valence-electron chi connectivity index (χ4n) is 1.88. The van der Waals surface area contributed by atoms with Gasteiger partial charge in [-0.3, -0.25) is 0 Å². The van der Waals surface area contributed by atoms with Crippen LogP contribution in [0.1, 0.15) is 31.5 Å². The second-order valence-corrected chi connectivity index (χ2v) is 5.26. The lowest BCUT2D eigenvalue weighted by molar-refractivity contribution is 0.606. The summed E-state index contributed by atoms with van der Waals surface area (Å²) in [6, 6.07) is 0.